The van der Waals surface area contributed by atoms with Crippen LogP contribution in [0, 0.1) is 13.8 Å². The van der Waals surface area contributed by atoms with Crippen molar-refractivity contribution in [3.05, 3.63) is 66.0 Å². The van der Waals surface area contributed by atoms with Gasteiger partial charge in [-0.3, -0.25) is 4.98 Å². The molecule has 3 aromatic rings. The van der Waals surface area contributed by atoms with E-state index in [-0.39, 0.29) is 0 Å². The molecule has 1 aromatic heterocycles. The van der Waals surface area contributed by atoms with Crippen molar-refractivity contribution in [3.63, 3.8) is 0 Å². The molecule has 0 N–H and O–H groups in total. The highest BCUT2D eigenvalue weighted by Gasteiger charge is 2.06. The summed E-state index contributed by atoms with van der Waals surface area (Å²) in [7, 11) is 0. The monoisotopic (exact) mass is 233 g/mol. The van der Waals surface area contributed by atoms with E-state index in [4.69, 9.17) is 0 Å². The van der Waals surface area contributed by atoms with Gasteiger partial charge in [0.2, 0.25) is 0 Å². The molecule has 1 nitrogen and oxygen atoms in total. The molecule has 0 aliphatic heterocycles. The quantitative estimate of drug-likeness (QED) is 0.602. The standard InChI is InChI=1S/C17H15N/c1-12-8-9-15-16(10-12)13(2)18-11-17(15)14-6-4-3-5-7-14/h3-11H,1-2H3. The zero-order valence-corrected chi connectivity index (χ0v) is 10.6. The Morgan fingerprint density at radius 3 is 2.39 bits per heavy atom. The van der Waals surface area contributed by atoms with Crippen LogP contribution >= 0.6 is 0 Å². The van der Waals surface area contributed by atoms with Gasteiger partial charge in [0.25, 0.3) is 0 Å². The molecular formula is C17H15N. The van der Waals surface area contributed by atoms with Gasteiger partial charge in [0.1, 0.15) is 0 Å². The largest absolute Gasteiger partial charge is 0.260 e. The van der Waals surface area contributed by atoms with Crippen LogP contribution in [0.1, 0.15) is 11.3 Å². The first-order chi connectivity index (χ1) is 8.75. The Kier molecular flexibility index (Phi) is 2.60. The van der Waals surface area contributed by atoms with Crippen LogP contribution < -0.4 is 0 Å². The number of aromatic nitrogens is 1. The van der Waals surface area contributed by atoms with Crippen molar-refractivity contribution in [2.75, 3.05) is 0 Å². The maximum Gasteiger partial charge on any atom is 0.0451 e. The number of aryl methyl sites for hydroxylation is 2. The second-order valence-electron chi connectivity index (χ2n) is 4.67. The van der Waals surface area contributed by atoms with Crippen molar-refractivity contribution in [3.8, 4) is 11.1 Å². The Morgan fingerprint density at radius 1 is 0.833 bits per heavy atom. The third-order valence-electron chi connectivity index (χ3n) is 3.33. The highest BCUT2D eigenvalue weighted by atomic mass is 14.7. The summed E-state index contributed by atoms with van der Waals surface area (Å²) >= 11 is 0. The number of rotatable bonds is 1. The molecule has 0 saturated carbocycles. The highest BCUT2D eigenvalue weighted by molar-refractivity contribution is 5.97. The van der Waals surface area contributed by atoms with E-state index in [1.54, 1.807) is 0 Å². The second kappa shape index (κ2) is 4.26. The normalized spacial score (nSPS) is 10.8. The van der Waals surface area contributed by atoms with Gasteiger partial charge in [-0.2, -0.15) is 0 Å². The third-order valence-corrected chi connectivity index (χ3v) is 3.33. The number of fused-ring (bicyclic) bond motifs is 1. The van der Waals surface area contributed by atoms with Crippen LogP contribution in [-0.4, -0.2) is 4.98 Å². The Labute approximate surface area is 107 Å². The van der Waals surface area contributed by atoms with Crippen LogP contribution in [0.3, 0.4) is 0 Å². The fourth-order valence-electron chi connectivity index (χ4n) is 2.34. The zero-order valence-electron chi connectivity index (χ0n) is 10.6. The molecule has 3 rings (SSSR count). The Morgan fingerprint density at radius 2 is 1.61 bits per heavy atom. The van der Waals surface area contributed by atoms with E-state index in [9.17, 15) is 0 Å². The average molecular weight is 233 g/mol. The molecule has 0 aliphatic rings. The van der Waals surface area contributed by atoms with Gasteiger partial charge in [-0.25, -0.2) is 0 Å². The number of benzene rings is 2. The molecule has 0 spiro atoms. The maximum atomic E-state index is 4.52. The summed E-state index contributed by atoms with van der Waals surface area (Å²) in [6, 6.07) is 17.0. The number of hydrogen-bond donors (Lipinski definition) is 0. The van der Waals surface area contributed by atoms with E-state index in [0.717, 1.165) is 5.69 Å². The van der Waals surface area contributed by atoms with Crippen molar-refractivity contribution in [1.29, 1.82) is 0 Å². The van der Waals surface area contributed by atoms with Gasteiger partial charge < -0.3 is 0 Å². The van der Waals surface area contributed by atoms with Crippen LogP contribution in [-0.2, 0) is 0 Å². The van der Waals surface area contributed by atoms with Crippen LogP contribution in [0.2, 0.25) is 0 Å². The molecule has 18 heavy (non-hydrogen) atoms. The second-order valence-corrected chi connectivity index (χ2v) is 4.67. The van der Waals surface area contributed by atoms with E-state index < -0.39 is 0 Å². The molecule has 0 aliphatic carbocycles. The van der Waals surface area contributed by atoms with Gasteiger partial charge in [0, 0.05) is 22.8 Å². The predicted octanol–water partition coefficient (Wildman–Crippen LogP) is 4.52. The summed E-state index contributed by atoms with van der Waals surface area (Å²) in [6.07, 6.45) is 1.97. The van der Waals surface area contributed by atoms with Crippen LogP contribution in [0.5, 0.6) is 0 Å². The van der Waals surface area contributed by atoms with Gasteiger partial charge in [-0.15, -0.1) is 0 Å². The van der Waals surface area contributed by atoms with Crippen molar-refractivity contribution in [2.24, 2.45) is 0 Å². The molecule has 1 heteroatoms. The summed E-state index contributed by atoms with van der Waals surface area (Å²) < 4.78 is 0. The Bertz CT molecular complexity index is 699. The van der Waals surface area contributed by atoms with Gasteiger partial charge in [-0.1, -0.05) is 48.0 Å². The van der Waals surface area contributed by atoms with Crippen LogP contribution in [0.25, 0.3) is 21.9 Å². The van der Waals surface area contributed by atoms with Crippen molar-refractivity contribution >= 4 is 10.8 Å². The Balaban J connectivity index is 2.35. The first kappa shape index (κ1) is 11.0. The molecule has 0 bridgehead atoms. The first-order valence-electron chi connectivity index (χ1n) is 6.17. The smallest absolute Gasteiger partial charge is 0.0451 e. The lowest BCUT2D eigenvalue weighted by Gasteiger charge is -2.09. The Hall–Kier alpha value is -2.15. The third kappa shape index (κ3) is 1.78. The number of hydrogen-bond acceptors (Lipinski definition) is 1. The summed E-state index contributed by atoms with van der Waals surface area (Å²) in [5, 5.41) is 2.52. The number of pyridine rings is 1. The van der Waals surface area contributed by atoms with Crippen LogP contribution in [0.4, 0.5) is 0 Å². The SMILES string of the molecule is Cc1ccc2c(-c3ccccc3)cnc(C)c2c1. The van der Waals surface area contributed by atoms with Gasteiger partial charge in [0.05, 0.1) is 0 Å². The molecule has 0 atom stereocenters. The predicted molar refractivity (Wildman–Crippen MR) is 76.7 cm³/mol. The van der Waals surface area contributed by atoms with Crippen molar-refractivity contribution < 1.29 is 0 Å². The van der Waals surface area contributed by atoms with Crippen molar-refractivity contribution in [1.82, 2.24) is 4.98 Å². The van der Waals surface area contributed by atoms with Gasteiger partial charge in [-0.05, 0) is 30.9 Å². The fourth-order valence-corrected chi connectivity index (χ4v) is 2.34. The first-order valence-corrected chi connectivity index (χ1v) is 6.17. The lowest BCUT2D eigenvalue weighted by atomic mass is 9.98. The van der Waals surface area contributed by atoms with Crippen LogP contribution in [0.15, 0.2) is 54.7 Å². The van der Waals surface area contributed by atoms with Gasteiger partial charge in [0.15, 0.2) is 0 Å². The lowest BCUT2D eigenvalue weighted by Crippen LogP contribution is -1.89. The van der Waals surface area contributed by atoms with E-state index >= 15 is 0 Å². The molecule has 0 unspecified atom stereocenters. The minimum absolute atomic E-state index is 1.09. The van der Waals surface area contributed by atoms with E-state index in [2.05, 4.69) is 61.3 Å². The fraction of sp³-hybridized carbons (Fsp3) is 0.118. The molecule has 0 amide bonds. The topological polar surface area (TPSA) is 12.9 Å². The summed E-state index contributed by atoms with van der Waals surface area (Å²) in [5.74, 6) is 0. The minimum atomic E-state index is 1.09. The molecule has 0 radical (unpaired) electrons. The van der Waals surface area contributed by atoms with E-state index in [1.165, 1.54) is 27.5 Å². The highest BCUT2D eigenvalue weighted by Crippen LogP contribution is 2.29. The molecule has 1 heterocycles. The number of nitrogens with zero attached hydrogens (tertiary/aromatic N) is 1. The molecule has 0 fully saturated rings. The van der Waals surface area contributed by atoms with E-state index in [1.807, 2.05) is 12.3 Å². The molecular weight excluding hydrogens is 218 g/mol. The molecule has 88 valence electrons. The summed E-state index contributed by atoms with van der Waals surface area (Å²) in [4.78, 5) is 4.52. The molecule has 2 aromatic carbocycles. The lowest BCUT2D eigenvalue weighted by molar-refractivity contribution is 1.23. The molecule has 0 saturated heterocycles. The maximum absolute atomic E-state index is 4.52. The zero-order chi connectivity index (χ0) is 12.5. The summed E-state index contributed by atoms with van der Waals surface area (Å²) in [6.45, 7) is 4.19. The summed E-state index contributed by atoms with van der Waals surface area (Å²) in [5.41, 5.74) is 4.79. The average Bonchev–Trinajstić information content (AvgIpc) is 2.41. The minimum Gasteiger partial charge on any atom is -0.260 e. The van der Waals surface area contributed by atoms with Gasteiger partial charge >= 0.3 is 0 Å². The van der Waals surface area contributed by atoms with E-state index in [0.29, 0.717) is 0 Å². The van der Waals surface area contributed by atoms with Crippen molar-refractivity contribution in [2.45, 2.75) is 13.8 Å².